The molecule has 2 aliphatic carbocycles. The first-order chi connectivity index (χ1) is 16.2. The van der Waals surface area contributed by atoms with Crippen LogP contribution in [0.25, 0.3) is 0 Å². The molecule has 1 saturated carbocycles. The van der Waals surface area contributed by atoms with Gasteiger partial charge in [-0.15, -0.1) is 11.3 Å². The molecule has 3 rings (SSSR count). The van der Waals surface area contributed by atoms with E-state index in [-0.39, 0.29) is 47.8 Å². The minimum Gasteiger partial charge on any atom is -0.394 e. The number of carbonyl (C=O) groups excluding carboxylic acids is 2. The molecule has 2 atom stereocenters. The van der Waals surface area contributed by atoms with E-state index in [1.54, 1.807) is 0 Å². The minimum absolute atomic E-state index is 0.00949. The Morgan fingerprint density at radius 1 is 1.21 bits per heavy atom. The maximum absolute atomic E-state index is 13.7. The fourth-order valence-electron chi connectivity index (χ4n) is 5.64. The van der Waals surface area contributed by atoms with Crippen LogP contribution in [0.5, 0.6) is 0 Å². The number of aliphatic hydroxyl groups excluding tert-OH is 1. The van der Waals surface area contributed by atoms with Crippen LogP contribution in [0.15, 0.2) is 0 Å². The van der Waals surface area contributed by atoms with Crippen molar-refractivity contribution >= 4 is 28.2 Å². The Kier molecular flexibility index (Phi) is 8.81. The summed E-state index contributed by atoms with van der Waals surface area (Å²) in [5.74, 6) is 0.141. The smallest absolute Gasteiger partial charge is 0.228 e. The number of amides is 2. The second-order valence-corrected chi connectivity index (χ2v) is 12.1. The summed E-state index contributed by atoms with van der Waals surface area (Å²) in [5, 5.41) is 23.9. The Labute approximate surface area is 208 Å². The molecule has 2 amide bonds. The average Bonchev–Trinajstić information content (AvgIpc) is 3.44. The lowest BCUT2D eigenvalue weighted by molar-refractivity contribution is -0.145. The summed E-state index contributed by atoms with van der Waals surface area (Å²) < 4.78 is 0. The zero-order valence-electron chi connectivity index (χ0n) is 21.4. The molecule has 0 radical (unpaired) electrons. The lowest BCUT2D eigenvalue weighted by Gasteiger charge is -2.45. The van der Waals surface area contributed by atoms with E-state index < -0.39 is 0 Å². The number of hydrogen-bond acceptors (Lipinski definition) is 5. The van der Waals surface area contributed by atoms with Crippen LogP contribution in [0.1, 0.15) is 95.6 Å². The Morgan fingerprint density at radius 2 is 1.85 bits per heavy atom. The molecule has 2 unspecified atom stereocenters. The molecule has 6 nitrogen and oxygen atoms in total. The van der Waals surface area contributed by atoms with Gasteiger partial charge >= 0.3 is 0 Å². The van der Waals surface area contributed by atoms with E-state index in [0.717, 1.165) is 55.4 Å². The first-order valence-corrected chi connectivity index (χ1v) is 13.8. The molecule has 2 aliphatic rings. The molecule has 0 spiro atoms. The predicted octanol–water partition coefficient (Wildman–Crippen LogP) is 5.28. The van der Waals surface area contributed by atoms with Gasteiger partial charge in [-0.2, -0.15) is 5.26 Å². The summed E-state index contributed by atoms with van der Waals surface area (Å²) in [7, 11) is 0. The van der Waals surface area contributed by atoms with Gasteiger partial charge in [0.15, 0.2) is 0 Å². The maximum Gasteiger partial charge on any atom is 0.228 e. The number of nitrogens with one attached hydrogen (secondary N) is 1. The van der Waals surface area contributed by atoms with Crippen molar-refractivity contribution in [2.45, 2.75) is 104 Å². The van der Waals surface area contributed by atoms with Crippen LogP contribution in [-0.4, -0.2) is 40.5 Å². The number of fused-ring (bicyclic) bond motifs is 1. The molecule has 7 heteroatoms. The highest BCUT2D eigenvalue weighted by Gasteiger charge is 2.42. The molecular weight excluding hydrogens is 446 g/mol. The summed E-state index contributed by atoms with van der Waals surface area (Å²) in [6, 6.07) is 2.07. The Hall–Kier alpha value is -1.91. The van der Waals surface area contributed by atoms with E-state index in [1.807, 2.05) is 18.7 Å². The highest BCUT2D eigenvalue weighted by molar-refractivity contribution is 7.16. The SMILES string of the molecule is CCC(CC)C(=O)Nc1sc2c(c1C#N)CCC(N(C(=O)C1CCCC1)C(CO)C(C)(C)C)C2. The maximum atomic E-state index is 13.7. The zero-order valence-corrected chi connectivity index (χ0v) is 22.3. The molecule has 0 aromatic carbocycles. The molecule has 0 aliphatic heterocycles. The van der Waals surface area contributed by atoms with E-state index in [0.29, 0.717) is 23.4 Å². The Bertz CT molecular complexity index is 917. The molecule has 1 aromatic heterocycles. The van der Waals surface area contributed by atoms with Crippen molar-refractivity contribution in [1.29, 1.82) is 5.26 Å². The summed E-state index contributed by atoms with van der Waals surface area (Å²) >= 11 is 1.49. The van der Waals surface area contributed by atoms with E-state index >= 15 is 0 Å². The largest absolute Gasteiger partial charge is 0.394 e. The Balaban J connectivity index is 1.91. The quantitative estimate of drug-likeness (QED) is 0.522. The van der Waals surface area contributed by atoms with Crippen LogP contribution >= 0.6 is 11.3 Å². The Morgan fingerprint density at radius 3 is 2.38 bits per heavy atom. The van der Waals surface area contributed by atoms with Crippen LogP contribution in [0, 0.1) is 28.6 Å². The number of nitriles is 1. The fourth-order valence-corrected chi connectivity index (χ4v) is 6.91. The van der Waals surface area contributed by atoms with Crippen LogP contribution in [0.2, 0.25) is 0 Å². The van der Waals surface area contributed by atoms with Gasteiger partial charge in [0, 0.05) is 29.2 Å². The number of carbonyl (C=O) groups is 2. The number of thiophene rings is 1. The highest BCUT2D eigenvalue weighted by atomic mass is 32.1. The summed E-state index contributed by atoms with van der Waals surface area (Å²) in [5.41, 5.74) is 1.36. The van der Waals surface area contributed by atoms with Crippen LogP contribution in [0.3, 0.4) is 0 Å². The molecule has 188 valence electrons. The van der Waals surface area contributed by atoms with Gasteiger partial charge in [-0.05, 0) is 49.5 Å². The van der Waals surface area contributed by atoms with Crippen molar-refractivity contribution in [3.05, 3.63) is 16.0 Å². The molecule has 34 heavy (non-hydrogen) atoms. The summed E-state index contributed by atoms with van der Waals surface area (Å²) in [6.07, 6.45) is 7.72. The van der Waals surface area contributed by atoms with E-state index in [1.165, 1.54) is 11.3 Å². The minimum atomic E-state index is -0.253. The number of anilines is 1. The van der Waals surface area contributed by atoms with Gasteiger partial charge < -0.3 is 15.3 Å². The molecule has 1 heterocycles. The third-order valence-corrected chi connectivity index (χ3v) is 8.97. The molecular formula is C27H41N3O3S. The van der Waals surface area contributed by atoms with Crippen molar-refractivity contribution in [3.63, 3.8) is 0 Å². The van der Waals surface area contributed by atoms with Crippen LogP contribution in [-0.2, 0) is 22.4 Å². The van der Waals surface area contributed by atoms with E-state index in [2.05, 4.69) is 32.2 Å². The van der Waals surface area contributed by atoms with Gasteiger partial charge in [0.2, 0.25) is 11.8 Å². The third kappa shape index (κ3) is 5.49. The van der Waals surface area contributed by atoms with E-state index in [9.17, 15) is 20.0 Å². The lowest BCUT2D eigenvalue weighted by atomic mass is 9.82. The standard InChI is InChI=1S/C27H41N3O3S/c1-6-17(7-2)24(32)29-25-21(15-28)20-13-12-19(14-22(20)34-25)30(23(16-31)27(3,4)5)26(33)18-10-8-9-11-18/h17-19,23,31H,6-14,16H2,1-5H3,(H,29,32). The van der Waals surface area contributed by atoms with Crippen molar-refractivity contribution in [2.24, 2.45) is 17.3 Å². The molecule has 1 aromatic rings. The van der Waals surface area contributed by atoms with Crippen molar-refractivity contribution in [1.82, 2.24) is 4.90 Å². The number of rotatable bonds is 8. The molecule has 0 bridgehead atoms. The number of aliphatic hydroxyl groups is 1. The van der Waals surface area contributed by atoms with Gasteiger partial charge in [-0.3, -0.25) is 9.59 Å². The van der Waals surface area contributed by atoms with Gasteiger partial charge in [-0.1, -0.05) is 47.5 Å². The lowest BCUT2D eigenvalue weighted by Crippen LogP contribution is -2.56. The monoisotopic (exact) mass is 487 g/mol. The first kappa shape index (κ1) is 26.7. The fraction of sp³-hybridized carbons (Fsp3) is 0.741. The second-order valence-electron chi connectivity index (χ2n) is 11.0. The highest BCUT2D eigenvalue weighted by Crippen LogP contribution is 2.41. The number of hydrogen-bond donors (Lipinski definition) is 2. The normalized spacial score (nSPS) is 19.5. The molecule has 1 fully saturated rings. The van der Waals surface area contributed by atoms with Crippen molar-refractivity contribution in [2.75, 3.05) is 11.9 Å². The van der Waals surface area contributed by atoms with Crippen molar-refractivity contribution in [3.8, 4) is 6.07 Å². The van der Waals surface area contributed by atoms with E-state index in [4.69, 9.17) is 0 Å². The van der Waals surface area contributed by atoms with Gasteiger partial charge in [0.05, 0.1) is 18.2 Å². The van der Waals surface area contributed by atoms with Crippen LogP contribution in [0.4, 0.5) is 5.00 Å². The topological polar surface area (TPSA) is 93.4 Å². The first-order valence-electron chi connectivity index (χ1n) is 12.9. The summed E-state index contributed by atoms with van der Waals surface area (Å²) in [4.78, 5) is 29.5. The summed E-state index contributed by atoms with van der Waals surface area (Å²) in [6.45, 7) is 10.2. The predicted molar refractivity (Wildman–Crippen MR) is 137 cm³/mol. The van der Waals surface area contributed by atoms with Gasteiger partial charge in [0.25, 0.3) is 0 Å². The zero-order chi connectivity index (χ0) is 25.0. The molecule has 2 N–H and O–H groups in total. The number of nitrogens with zero attached hydrogens (tertiary/aromatic N) is 2. The van der Waals surface area contributed by atoms with Crippen molar-refractivity contribution < 1.29 is 14.7 Å². The second kappa shape index (κ2) is 11.2. The van der Waals surface area contributed by atoms with Gasteiger partial charge in [0.1, 0.15) is 11.1 Å². The molecule has 0 saturated heterocycles. The van der Waals surface area contributed by atoms with Gasteiger partial charge in [-0.25, -0.2) is 0 Å². The third-order valence-electron chi connectivity index (χ3n) is 7.80. The average molecular weight is 488 g/mol. The van der Waals surface area contributed by atoms with Crippen LogP contribution < -0.4 is 5.32 Å².